The van der Waals surface area contributed by atoms with E-state index in [0.29, 0.717) is 19.3 Å². The Labute approximate surface area is 390 Å². The first-order chi connectivity index (χ1) is 31.0. The van der Waals surface area contributed by atoms with Crippen molar-refractivity contribution in [2.45, 2.75) is 283 Å². The third-order valence-corrected chi connectivity index (χ3v) is 12.2. The molecule has 0 radical (unpaired) electrons. The number of unbranched alkanes of at least 4 members (excludes halogenated alkanes) is 29. The summed E-state index contributed by atoms with van der Waals surface area (Å²) in [5.74, 6) is -0.509. The van der Waals surface area contributed by atoms with E-state index in [2.05, 4.69) is 86.8 Å². The first-order valence-electron chi connectivity index (χ1n) is 27.1. The first kappa shape index (κ1) is 60.6. The average Bonchev–Trinajstić information content (AvgIpc) is 3.28. The molecule has 0 saturated heterocycles. The molecule has 3 unspecified atom stereocenters. The van der Waals surface area contributed by atoms with Gasteiger partial charge in [-0.05, 0) is 70.6 Å². The molecule has 0 aromatic carbocycles. The van der Waals surface area contributed by atoms with Crippen molar-refractivity contribution in [1.82, 2.24) is 5.32 Å². The van der Waals surface area contributed by atoms with Crippen LogP contribution < -0.4 is 5.32 Å². The number of aliphatic hydroxyl groups is 2. The molecule has 63 heavy (non-hydrogen) atoms. The Kier molecular flexibility index (Phi) is 48.6. The quantitative estimate of drug-likeness (QED) is 0.0321. The number of carbonyl (C=O) groups excluding carboxylic acids is 2. The molecule has 0 saturated carbocycles. The van der Waals surface area contributed by atoms with Gasteiger partial charge in [-0.25, -0.2) is 0 Å². The number of aliphatic hydroxyl groups excluding tert-OH is 2. The predicted molar refractivity (Wildman–Crippen MR) is 273 cm³/mol. The first-order valence-corrected chi connectivity index (χ1v) is 27.1. The summed E-state index contributed by atoms with van der Waals surface area (Å²) in [5, 5.41) is 23.8. The highest BCUT2D eigenvalue weighted by atomic mass is 16.5. The van der Waals surface area contributed by atoms with E-state index in [9.17, 15) is 19.8 Å². The van der Waals surface area contributed by atoms with Crippen LogP contribution in [0.2, 0.25) is 0 Å². The molecular formula is C57H103NO5. The van der Waals surface area contributed by atoms with Crippen LogP contribution in [-0.4, -0.2) is 46.9 Å². The highest BCUT2D eigenvalue weighted by Gasteiger charge is 2.24. The number of hydrogen-bond acceptors (Lipinski definition) is 5. The molecule has 0 aliphatic heterocycles. The number of rotatable bonds is 48. The van der Waals surface area contributed by atoms with Crippen molar-refractivity contribution in [2.24, 2.45) is 0 Å². The van der Waals surface area contributed by atoms with Crippen LogP contribution in [0.3, 0.4) is 0 Å². The molecule has 0 heterocycles. The topological polar surface area (TPSA) is 95.9 Å². The molecule has 3 N–H and O–H groups in total. The Bertz CT molecular complexity index is 1130. The van der Waals surface area contributed by atoms with Gasteiger partial charge in [0.2, 0.25) is 5.91 Å². The van der Waals surface area contributed by atoms with Crippen molar-refractivity contribution in [3.05, 3.63) is 60.8 Å². The van der Waals surface area contributed by atoms with Crippen LogP contribution in [0.5, 0.6) is 0 Å². The number of hydrogen-bond donors (Lipinski definition) is 3. The van der Waals surface area contributed by atoms with Crippen LogP contribution in [0.1, 0.15) is 265 Å². The summed E-state index contributed by atoms with van der Waals surface area (Å²) in [6.45, 7) is 6.35. The summed E-state index contributed by atoms with van der Waals surface area (Å²) >= 11 is 0. The largest absolute Gasteiger partial charge is 0.462 e. The molecular weight excluding hydrogens is 779 g/mol. The number of carbonyl (C=O) groups is 2. The molecule has 0 bridgehead atoms. The third kappa shape index (κ3) is 45.9. The van der Waals surface area contributed by atoms with Crippen LogP contribution in [0, 0.1) is 0 Å². The van der Waals surface area contributed by atoms with Crippen molar-refractivity contribution < 1.29 is 24.5 Å². The monoisotopic (exact) mass is 882 g/mol. The number of amides is 1. The lowest BCUT2D eigenvalue weighted by atomic mass is 10.0. The van der Waals surface area contributed by atoms with Crippen LogP contribution in [0.25, 0.3) is 0 Å². The summed E-state index contributed by atoms with van der Waals surface area (Å²) in [6, 6.07) is -0.714. The third-order valence-electron chi connectivity index (χ3n) is 12.2. The smallest absolute Gasteiger partial charge is 0.306 e. The highest BCUT2D eigenvalue weighted by molar-refractivity contribution is 5.77. The minimum atomic E-state index is -0.798. The van der Waals surface area contributed by atoms with Gasteiger partial charge in [0.15, 0.2) is 0 Å². The minimum Gasteiger partial charge on any atom is -0.462 e. The molecule has 0 aliphatic rings. The zero-order valence-electron chi connectivity index (χ0n) is 41.7. The molecule has 1 amide bonds. The number of esters is 1. The van der Waals surface area contributed by atoms with E-state index in [0.717, 1.165) is 83.5 Å². The van der Waals surface area contributed by atoms with Crippen molar-refractivity contribution in [1.29, 1.82) is 0 Å². The SMILES string of the molecule is CC/C=C/C=C/C=C/CCCCCCCCCC(=O)OC(CCCCC/C=C/C=C/CCCCCCCCC)CC(=O)NC(CO)C(O)CCCCCCCCCCCCCCC. The van der Waals surface area contributed by atoms with Gasteiger partial charge in [-0.15, -0.1) is 0 Å². The molecule has 0 fully saturated rings. The van der Waals surface area contributed by atoms with Crippen molar-refractivity contribution >= 4 is 11.9 Å². The van der Waals surface area contributed by atoms with Gasteiger partial charge in [0.25, 0.3) is 0 Å². The van der Waals surface area contributed by atoms with E-state index < -0.39 is 18.2 Å². The normalized spacial score (nSPS) is 13.7. The second-order valence-corrected chi connectivity index (χ2v) is 18.3. The fourth-order valence-corrected chi connectivity index (χ4v) is 8.07. The second kappa shape index (κ2) is 50.6. The molecule has 0 spiro atoms. The van der Waals surface area contributed by atoms with Gasteiger partial charge >= 0.3 is 5.97 Å². The fraction of sp³-hybridized carbons (Fsp3) is 0.789. The molecule has 366 valence electrons. The van der Waals surface area contributed by atoms with E-state index in [4.69, 9.17) is 4.74 Å². The van der Waals surface area contributed by atoms with Crippen LogP contribution in [-0.2, 0) is 14.3 Å². The Hall–Kier alpha value is -2.44. The molecule has 3 atom stereocenters. The highest BCUT2D eigenvalue weighted by Crippen LogP contribution is 2.18. The van der Waals surface area contributed by atoms with E-state index in [-0.39, 0.29) is 24.9 Å². The predicted octanol–water partition coefficient (Wildman–Crippen LogP) is 16.4. The van der Waals surface area contributed by atoms with Gasteiger partial charge in [-0.3, -0.25) is 9.59 Å². The lowest BCUT2D eigenvalue weighted by Crippen LogP contribution is -2.46. The van der Waals surface area contributed by atoms with Crippen LogP contribution in [0.15, 0.2) is 60.8 Å². The van der Waals surface area contributed by atoms with Crippen molar-refractivity contribution in [3.8, 4) is 0 Å². The van der Waals surface area contributed by atoms with Crippen LogP contribution >= 0.6 is 0 Å². The Balaban J connectivity index is 4.64. The van der Waals surface area contributed by atoms with Crippen LogP contribution in [0.4, 0.5) is 0 Å². The summed E-state index contributed by atoms with van der Waals surface area (Å²) in [4.78, 5) is 26.2. The Morgan fingerprint density at radius 2 is 0.857 bits per heavy atom. The fourth-order valence-electron chi connectivity index (χ4n) is 8.07. The summed E-state index contributed by atoms with van der Waals surface area (Å²) in [5.41, 5.74) is 0. The average molecular weight is 882 g/mol. The molecule has 0 aliphatic carbocycles. The summed E-state index contributed by atoms with van der Waals surface area (Å²) < 4.78 is 5.93. The molecule has 6 heteroatoms. The van der Waals surface area contributed by atoms with E-state index in [1.54, 1.807) is 0 Å². The van der Waals surface area contributed by atoms with Gasteiger partial charge in [0, 0.05) is 6.42 Å². The van der Waals surface area contributed by atoms with Crippen molar-refractivity contribution in [2.75, 3.05) is 6.61 Å². The Morgan fingerprint density at radius 1 is 0.476 bits per heavy atom. The molecule has 0 rings (SSSR count). The molecule has 6 nitrogen and oxygen atoms in total. The standard InChI is InChI=1S/C57H103NO5/c1-4-7-10-13-16-19-22-25-27-29-31-33-36-39-42-45-48-53(63-57(62)50-47-44-41-38-35-32-28-26-23-20-17-14-11-8-5-2)51-56(61)58-54(52-59)55(60)49-46-43-40-37-34-30-24-21-18-15-12-9-6-3/h8,11,14,17,20,23,27,29,31,33,53-55,59-60H,4-7,9-10,12-13,15-16,18-19,21-22,24-26,28,30,32,34-52H2,1-3H3,(H,58,61)/b11-8+,17-14+,23-20+,29-27+,33-31+. The van der Waals surface area contributed by atoms with Crippen molar-refractivity contribution in [3.63, 3.8) is 0 Å². The Morgan fingerprint density at radius 3 is 1.32 bits per heavy atom. The molecule has 0 aromatic rings. The van der Waals surface area contributed by atoms with Gasteiger partial charge in [0.05, 0.1) is 25.2 Å². The van der Waals surface area contributed by atoms with E-state index >= 15 is 0 Å². The maximum Gasteiger partial charge on any atom is 0.306 e. The maximum absolute atomic E-state index is 13.2. The van der Waals surface area contributed by atoms with Gasteiger partial charge in [-0.1, -0.05) is 242 Å². The lowest BCUT2D eigenvalue weighted by Gasteiger charge is -2.24. The zero-order valence-corrected chi connectivity index (χ0v) is 41.7. The maximum atomic E-state index is 13.2. The van der Waals surface area contributed by atoms with Gasteiger partial charge < -0.3 is 20.3 Å². The lowest BCUT2D eigenvalue weighted by molar-refractivity contribution is -0.151. The van der Waals surface area contributed by atoms with E-state index in [1.807, 2.05) is 0 Å². The minimum absolute atomic E-state index is 0.0541. The second-order valence-electron chi connectivity index (χ2n) is 18.3. The summed E-state index contributed by atoms with van der Waals surface area (Å²) in [6.07, 6.45) is 62.8. The van der Waals surface area contributed by atoms with Gasteiger partial charge in [-0.2, -0.15) is 0 Å². The number of nitrogens with one attached hydrogen (secondary N) is 1. The van der Waals surface area contributed by atoms with Gasteiger partial charge in [0.1, 0.15) is 6.10 Å². The number of ether oxygens (including phenoxy) is 1. The van der Waals surface area contributed by atoms with E-state index in [1.165, 1.54) is 135 Å². The number of allylic oxidation sites excluding steroid dienone is 10. The summed E-state index contributed by atoms with van der Waals surface area (Å²) in [7, 11) is 0. The zero-order chi connectivity index (χ0) is 45.9. The molecule has 0 aromatic heterocycles.